The van der Waals surface area contributed by atoms with Crippen LogP contribution in [0.5, 0.6) is 0 Å². The number of nitrogens with zero attached hydrogens (tertiary/aromatic N) is 6. The van der Waals surface area contributed by atoms with Crippen molar-refractivity contribution in [2.45, 2.75) is 13.0 Å². The van der Waals surface area contributed by atoms with Gasteiger partial charge in [0.25, 0.3) is 0 Å². The zero-order chi connectivity index (χ0) is 23.6. The van der Waals surface area contributed by atoms with Crippen LogP contribution in [0.4, 0.5) is 5.82 Å². The summed E-state index contributed by atoms with van der Waals surface area (Å²) in [6.07, 6.45) is 10.9. The molecular formula is C28H29N7. The summed E-state index contributed by atoms with van der Waals surface area (Å²) < 4.78 is 2.01. The Morgan fingerprint density at radius 1 is 0.857 bits per heavy atom. The average molecular weight is 464 g/mol. The molecule has 7 nitrogen and oxygen atoms in total. The fourth-order valence-corrected chi connectivity index (χ4v) is 4.69. The number of H-pyrrole nitrogens is 1. The van der Waals surface area contributed by atoms with E-state index in [0.717, 1.165) is 78.2 Å². The molecule has 1 aliphatic rings. The standard InChI is InChI=1S/C28H29N7/c1-33-11-13-34(14-12-33)27-8-7-22(16-29-27)23-15-25-26(19-31-28(25)30-17-23)24-18-32-35(20-24)10-9-21-5-3-2-4-6-21/h2-8,15-20H,9-14H2,1H3,(H,30,31). The second-order valence-electron chi connectivity index (χ2n) is 9.25. The van der Waals surface area contributed by atoms with Crippen LogP contribution >= 0.6 is 0 Å². The molecule has 0 amide bonds. The topological polar surface area (TPSA) is 65.9 Å². The number of likely N-dealkylation sites (N-methyl/N-ethyl adjacent to an activating group) is 1. The highest BCUT2D eigenvalue weighted by Gasteiger charge is 2.16. The number of nitrogens with one attached hydrogen (secondary N) is 1. The van der Waals surface area contributed by atoms with E-state index >= 15 is 0 Å². The molecule has 1 aromatic carbocycles. The third-order valence-electron chi connectivity index (χ3n) is 6.86. The fraction of sp³-hybridized carbons (Fsp3) is 0.250. The maximum Gasteiger partial charge on any atom is 0.137 e. The van der Waals surface area contributed by atoms with Gasteiger partial charge in [-0.15, -0.1) is 0 Å². The van der Waals surface area contributed by atoms with Crippen molar-refractivity contribution in [3.63, 3.8) is 0 Å². The van der Waals surface area contributed by atoms with Crippen LogP contribution in [0.1, 0.15) is 5.56 Å². The van der Waals surface area contributed by atoms with Gasteiger partial charge < -0.3 is 14.8 Å². The first-order valence-electron chi connectivity index (χ1n) is 12.2. The van der Waals surface area contributed by atoms with Crippen molar-refractivity contribution < 1.29 is 0 Å². The van der Waals surface area contributed by atoms with Gasteiger partial charge >= 0.3 is 0 Å². The fourth-order valence-electron chi connectivity index (χ4n) is 4.69. The number of pyridine rings is 2. The van der Waals surface area contributed by atoms with E-state index in [0.29, 0.717) is 0 Å². The predicted molar refractivity (Wildman–Crippen MR) is 140 cm³/mol. The summed E-state index contributed by atoms with van der Waals surface area (Å²) >= 11 is 0. The lowest BCUT2D eigenvalue weighted by Crippen LogP contribution is -2.44. The van der Waals surface area contributed by atoms with E-state index < -0.39 is 0 Å². The van der Waals surface area contributed by atoms with Gasteiger partial charge in [0.2, 0.25) is 0 Å². The van der Waals surface area contributed by atoms with E-state index in [1.807, 2.05) is 35.5 Å². The molecule has 7 heteroatoms. The summed E-state index contributed by atoms with van der Waals surface area (Å²) in [5.74, 6) is 1.04. The third-order valence-corrected chi connectivity index (χ3v) is 6.86. The Morgan fingerprint density at radius 3 is 2.49 bits per heavy atom. The van der Waals surface area contributed by atoms with Crippen molar-refractivity contribution in [3.8, 4) is 22.3 Å². The van der Waals surface area contributed by atoms with Crippen LogP contribution in [-0.4, -0.2) is 62.9 Å². The molecule has 35 heavy (non-hydrogen) atoms. The number of fused-ring (bicyclic) bond motifs is 1. The molecule has 6 rings (SSSR count). The van der Waals surface area contributed by atoms with Crippen LogP contribution in [0, 0.1) is 0 Å². The maximum atomic E-state index is 4.76. The molecule has 0 atom stereocenters. The Kier molecular flexibility index (Phi) is 5.76. The summed E-state index contributed by atoms with van der Waals surface area (Å²) in [4.78, 5) is 17.5. The van der Waals surface area contributed by atoms with Crippen molar-refractivity contribution in [1.82, 2.24) is 29.6 Å². The molecule has 1 fully saturated rings. The molecule has 0 aliphatic carbocycles. The van der Waals surface area contributed by atoms with Crippen molar-refractivity contribution >= 4 is 16.9 Å². The monoisotopic (exact) mass is 463 g/mol. The number of benzene rings is 1. The lowest BCUT2D eigenvalue weighted by atomic mass is 10.1. The van der Waals surface area contributed by atoms with Crippen molar-refractivity contribution in [3.05, 3.63) is 85.1 Å². The third kappa shape index (κ3) is 4.55. The molecule has 0 spiro atoms. The summed E-state index contributed by atoms with van der Waals surface area (Å²) in [6, 6.07) is 17.0. The molecule has 5 heterocycles. The van der Waals surface area contributed by atoms with E-state index in [2.05, 4.69) is 80.6 Å². The van der Waals surface area contributed by atoms with Gasteiger partial charge in [0.1, 0.15) is 11.5 Å². The molecule has 176 valence electrons. The number of rotatable bonds is 6. The van der Waals surface area contributed by atoms with Gasteiger partial charge in [-0.2, -0.15) is 5.10 Å². The molecule has 0 saturated carbocycles. The van der Waals surface area contributed by atoms with Crippen LogP contribution in [-0.2, 0) is 13.0 Å². The maximum absolute atomic E-state index is 4.76. The van der Waals surface area contributed by atoms with E-state index in [9.17, 15) is 0 Å². The lowest BCUT2D eigenvalue weighted by molar-refractivity contribution is 0.312. The predicted octanol–water partition coefficient (Wildman–Crippen LogP) is 4.48. The van der Waals surface area contributed by atoms with Gasteiger partial charge in [-0.1, -0.05) is 30.3 Å². The Hall–Kier alpha value is -3.97. The van der Waals surface area contributed by atoms with E-state index in [1.165, 1.54) is 5.56 Å². The summed E-state index contributed by atoms with van der Waals surface area (Å²) in [7, 11) is 2.17. The van der Waals surface area contributed by atoms with Gasteiger partial charge in [-0.25, -0.2) is 9.97 Å². The molecule has 5 aromatic rings. The minimum absolute atomic E-state index is 0.848. The number of anilines is 1. The van der Waals surface area contributed by atoms with Crippen LogP contribution in [0.3, 0.4) is 0 Å². The smallest absolute Gasteiger partial charge is 0.137 e. The molecular weight excluding hydrogens is 434 g/mol. The highest BCUT2D eigenvalue weighted by molar-refractivity contribution is 5.95. The van der Waals surface area contributed by atoms with Crippen molar-refractivity contribution in [2.24, 2.45) is 0 Å². The van der Waals surface area contributed by atoms with Crippen LogP contribution in [0.2, 0.25) is 0 Å². The van der Waals surface area contributed by atoms with Crippen LogP contribution in [0.25, 0.3) is 33.3 Å². The van der Waals surface area contributed by atoms with Gasteiger partial charge in [-0.3, -0.25) is 4.68 Å². The van der Waals surface area contributed by atoms with Gasteiger partial charge in [0, 0.05) is 85.2 Å². The molecule has 0 unspecified atom stereocenters. The molecule has 1 N–H and O–H groups in total. The first-order chi connectivity index (χ1) is 17.2. The minimum atomic E-state index is 0.848. The SMILES string of the molecule is CN1CCN(c2ccc(-c3cnc4[nH]cc(-c5cnn(CCc6ccccc6)c5)c4c3)cn2)CC1. The Morgan fingerprint density at radius 2 is 1.69 bits per heavy atom. The number of aromatic nitrogens is 5. The molecule has 0 bridgehead atoms. The molecule has 0 radical (unpaired) electrons. The summed E-state index contributed by atoms with van der Waals surface area (Å²) in [6.45, 7) is 5.03. The Balaban J connectivity index is 1.22. The first-order valence-corrected chi connectivity index (χ1v) is 12.2. The molecule has 4 aromatic heterocycles. The van der Waals surface area contributed by atoms with Gasteiger partial charge in [0.05, 0.1) is 6.20 Å². The first kappa shape index (κ1) is 21.6. The lowest BCUT2D eigenvalue weighted by Gasteiger charge is -2.33. The van der Waals surface area contributed by atoms with Crippen LogP contribution in [0.15, 0.2) is 79.5 Å². The van der Waals surface area contributed by atoms with Gasteiger partial charge in [0.15, 0.2) is 0 Å². The molecule has 1 saturated heterocycles. The summed E-state index contributed by atoms with van der Waals surface area (Å²) in [5.41, 5.74) is 6.53. The zero-order valence-electron chi connectivity index (χ0n) is 19.9. The van der Waals surface area contributed by atoms with Crippen molar-refractivity contribution in [1.29, 1.82) is 0 Å². The Bertz CT molecular complexity index is 1410. The number of aryl methyl sites for hydroxylation is 2. The zero-order valence-corrected chi connectivity index (χ0v) is 19.9. The largest absolute Gasteiger partial charge is 0.354 e. The van der Waals surface area contributed by atoms with E-state index in [1.54, 1.807) is 0 Å². The second-order valence-corrected chi connectivity index (χ2v) is 9.25. The van der Waals surface area contributed by atoms with Crippen LogP contribution < -0.4 is 4.90 Å². The normalized spacial score (nSPS) is 14.6. The van der Waals surface area contributed by atoms with Gasteiger partial charge in [-0.05, 0) is 37.2 Å². The highest BCUT2D eigenvalue weighted by Crippen LogP contribution is 2.31. The molecule has 1 aliphatic heterocycles. The average Bonchev–Trinajstić information content (AvgIpc) is 3.55. The van der Waals surface area contributed by atoms with E-state index in [-0.39, 0.29) is 0 Å². The minimum Gasteiger partial charge on any atom is -0.354 e. The Labute approximate surface area is 205 Å². The number of piperazine rings is 1. The number of aromatic amines is 1. The number of hydrogen-bond donors (Lipinski definition) is 1. The quantitative estimate of drug-likeness (QED) is 0.402. The highest BCUT2D eigenvalue weighted by atomic mass is 15.3. The number of hydrogen-bond acceptors (Lipinski definition) is 5. The summed E-state index contributed by atoms with van der Waals surface area (Å²) in [5, 5.41) is 5.69. The van der Waals surface area contributed by atoms with E-state index in [4.69, 9.17) is 4.98 Å². The van der Waals surface area contributed by atoms with Crippen molar-refractivity contribution in [2.75, 3.05) is 38.1 Å². The second kappa shape index (κ2) is 9.35.